The van der Waals surface area contributed by atoms with Gasteiger partial charge in [-0.25, -0.2) is 0 Å². The van der Waals surface area contributed by atoms with Crippen LogP contribution in [0.25, 0.3) is 0 Å². The minimum absolute atomic E-state index is 0.0128. The zero-order chi connectivity index (χ0) is 28.8. The molecule has 2 unspecified atom stereocenters. The molecule has 1 N–H and O–H groups in total. The molecule has 0 bridgehead atoms. The number of thioether (sulfide) groups is 1. The molecule has 3 aliphatic carbocycles. The zero-order valence-electron chi connectivity index (χ0n) is 26.3. The fraction of sp³-hybridized carbons (Fsp3) is 0.886. The Morgan fingerprint density at radius 1 is 0.925 bits per heavy atom. The van der Waals surface area contributed by atoms with Gasteiger partial charge in [0.05, 0.1) is 0 Å². The molecule has 3 fully saturated rings. The first kappa shape index (κ1) is 32.0. The maximum absolute atomic E-state index is 12.8. The first-order valence-electron chi connectivity index (χ1n) is 17.0. The van der Waals surface area contributed by atoms with Crippen molar-refractivity contribution in [1.29, 1.82) is 0 Å². The molecule has 0 spiro atoms. The molecule has 0 aromatic carbocycles. The summed E-state index contributed by atoms with van der Waals surface area (Å²) in [5.41, 5.74) is 0.347. The van der Waals surface area contributed by atoms with Crippen LogP contribution in [0.2, 0.25) is 0 Å². The standard InChI is InChI=1S/C35H59NO3S/c1-25(2)40-24-14-12-10-8-6-7-9-11-13-15-33(38)39-26(3)28-17-18-29-27-16-19-31-35(5,23-21-32(37)36-31)30(27)20-22-34(28,29)4/h21,23,25-31H,6-20,22,24H2,1-5H3,(H,36,37)/t26?,27-,28+,29-,30-,31?,34+,35+/m0/s1. The summed E-state index contributed by atoms with van der Waals surface area (Å²) in [7, 11) is 0. The lowest BCUT2D eigenvalue weighted by molar-refractivity contribution is -0.155. The molecule has 4 nitrogen and oxygen atoms in total. The van der Waals surface area contributed by atoms with E-state index in [1.807, 2.05) is 0 Å². The van der Waals surface area contributed by atoms with E-state index in [0.29, 0.717) is 24.2 Å². The van der Waals surface area contributed by atoms with Gasteiger partial charge < -0.3 is 10.1 Å². The minimum Gasteiger partial charge on any atom is -0.462 e. The number of carbonyl (C=O) groups excluding carboxylic acids is 2. The maximum Gasteiger partial charge on any atom is 0.306 e. The number of fused-ring (bicyclic) bond motifs is 5. The van der Waals surface area contributed by atoms with Crippen molar-refractivity contribution in [2.45, 2.75) is 155 Å². The van der Waals surface area contributed by atoms with E-state index in [4.69, 9.17) is 4.74 Å². The highest BCUT2D eigenvalue weighted by Gasteiger charge is 2.60. The maximum atomic E-state index is 12.8. The first-order valence-corrected chi connectivity index (χ1v) is 18.0. The topological polar surface area (TPSA) is 55.4 Å². The van der Waals surface area contributed by atoms with Crippen LogP contribution in [-0.4, -0.2) is 35.0 Å². The van der Waals surface area contributed by atoms with E-state index in [1.54, 1.807) is 6.08 Å². The van der Waals surface area contributed by atoms with Crippen LogP contribution in [0.15, 0.2) is 12.2 Å². The van der Waals surface area contributed by atoms with Gasteiger partial charge in [0.2, 0.25) is 5.91 Å². The molecule has 0 aromatic rings. The van der Waals surface area contributed by atoms with Gasteiger partial charge in [-0.05, 0) is 98.5 Å². The van der Waals surface area contributed by atoms with Gasteiger partial charge in [0.15, 0.2) is 0 Å². The van der Waals surface area contributed by atoms with Gasteiger partial charge in [-0.15, -0.1) is 0 Å². The third-order valence-corrected chi connectivity index (χ3v) is 12.8. The lowest BCUT2D eigenvalue weighted by Crippen LogP contribution is -2.59. The molecular formula is C35H59NO3S. The van der Waals surface area contributed by atoms with Crippen LogP contribution in [0.4, 0.5) is 0 Å². The number of esters is 1. The monoisotopic (exact) mass is 573 g/mol. The molecule has 5 heteroatoms. The van der Waals surface area contributed by atoms with Crippen LogP contribution in [-0.2, 0) is 14.3 Å². The normalized spacial score (nSPS) is 35.5. The van der Waals surface area contributed by atoms with Crippen LogP contribution in [0.3, 0.4) is 0 Å². The smallest absolute Gasteiger partial charge is 0.306 e. The molecule has 1 amide bonds. The number of unbranched alkanes of at least 4 members (excludes halogenated alkanes) is 8. The largest absolute Gasteiger partial charge is 0.462 e. The Hall–Kier alpha value is -0.970. The Bertz CT molecular complexity index is 873. The zero-order valence-corrected chi connectivity index (χ0v) is 27.2. The fourth-order valence-corrected chi connectivity index (χ4v) is 10.3. The molecule has 0 aromatic heterocycles. The summed E-state index contributed by atoms with van der Waals surface area (Å²) in [5.74, 6) is 3.95. The number of nitrogens with one attached hydrogen (secondary N) is 1. The minimum atomic E-state index is 0.0128. The molecule has 0 saturated heterocycles. The van der Waals surface area contributed by atoms with Crippen molar-refractivity contribution in [3.05, 3.63) is 12.2 Å². The molecule has 40 heavy (non-hydrogen) atoms. The van der Waals surface area contributed by atoms with Crippen molar-refractivity contribution in [2.24, 2.45) is 34.5 Å². The van der Waals surface area contributed by atoms with Crippen molar-refractivity contribution in [1.82, 2.24) is 5.32 Å². The predicted molar refractivity (Wildman–Crippen MR) is 168 cm³/mol. The van der Waals surface area contributed by atoms with Gasteiger partial charge in [-0.2, -0.15) is 11.8 Å². The number of ether oxygens (including phenoxy) is 1. The van der Waals surface area contributed by atoms with E-state index in [0.717, 1.165) is 30.4 Å². The quantitative estimate of drug-likeness (QED) is 0.157. The van der Waals surface area contributed by atoms with Gasteiger partial charge >= 0.3 is 5.97 Å². The summed E-state index contributed by atoms with van der Waals surface area (Å²) in [6.07, 6.45) is 23.3. The molecule has 3 saturated carbocycles. The van der Waals surface area contributed by atoms with E-state index in [-0.39, 0.29) is 34.9 Å². The first-order chi connectivity index (χ1) is 19.1. The predicted octanol–water partition coefficient (Wildman–Crippen LogP) is 8.87. The second kappa shape index (κ2) is 14.5. The Morgan fingerprint density at radius 2 is 1.60 bits per heavy atom. The Morgan fingerprint density at radius 3 is 2.30 bits per heavy atom. The third kappa shape index (κ3) is 7.51. The molecule has 1 aliphatic heterocycles. The number of rotatable bonds is 15. The lowest BCUT2D eigenvalue weighted by Gasteiger charge is -2.59. The molecule has 4 rings (SSSR count). The van der Waals surface area contributed by atoms with Gasteiger partial charge in [-0.1, -0.05) is 78.7 Å². The van der Waals surface area contributed by atoms with Gasteiger partial charge in [0.25, 0.3) is 0 Å². The van der Waals surface area contributed by atoms with Gasteiger partial charge in [0, 0.05) is 23.8 Å². The van der Waals surface area contributed by atoms with Gasteiger partial charge in [-0.3, -0.25) is 9.59 Å². The summed E-state index contributed by atoms with van der Waals surface area (Å²) in [4.78, 5) is 24.8. The second-order valence-corrected chi connectivity index (χ2v) is 16.2. The highest BCUT2D eigenvalue weighted by Crippen LogP contribution is 2.65. The Kier molecular flexibility index (Phi) is 11.6. The van der Waals surface area contributed by atoms with Crippen molar-refractivity contribution < 1.29 is 14.3 Å². The molecule has 4 aliphatic rings. The highest BCUT2D eigenvalue weighted by atomic mass is 32.2. The van der Waals surface area contributed by atoms with Crippen molar-refractivity contribution in [3.63, 3.8) is 0 Å². The number of amides is 1. The van der Waals surface area contributed by atoms with E-state index in [1.165, 1.54) is 82.8 Å². The SMILES string of the molecule is CC(C)SCCCCCCCCCCCC(=O)OC(C)[C@H]1CC[C@H]2[C@@H]3CCC4NC(=O)C=C[C@]4(C)[C@H]3CC[C@]12C. The number of hydrogen-bond acceptors (Lipinski definition) is 4. The highest BCUT2D eigenvalue weighted by molar-refractivity contribution is 7.99. The lowest BCUT2D eigenvalue weighted by atomic mass is 9.47. The molecular weight excluding hydrogens is 514 g/mol. The van der Waals surface area contributed by atoms with E-state index in [2.05, 4.69) is 57.8 Å². The third-order valence-electron chi connectivity index (χ3n) is 11.6. The Labute approximate surface area is 250 Å². The Balaban J connectivity index is 1.13. The molecule has 0 radical (unpaired) electrons. The van der Waals surface area contributed by atoms with E-state index >= 15 is 0 Å². The van der Waals surface area contributed by atoms with Crippen molar-refractivity contribution in [3.8, 4) is 0 Å². The van der Waals surface area contributed by atoms with Crippen LogP contribution in [0.5, 0.6) is 0 Å². The van der Waals surface area contributed by atoms with Crippen molar-refractivity contribution >= 4 is 23.6 Å². The van der Waals surface area contributed by atoms with Crippen LogP contribution < -0.4 is 5.32 Å². The van der Waals surface area contributed by atoms with Crippen LogP contribution in [0, 0.1) is 34.5 Å². The molecule has 228 valence electrons. The molecule has 1 heterocycles. The second-order valence-electron chi connectivity index (χ2n) is 14.5. The summed E-state index contributed by atoms with van der Waals surface area (Å²) in [5, 5.41) is 4.03. The van der Waals surface area contributed by atoms with Crippen LogP contribution in [0.1, 0.15) is 137 Å². The summed E-state index contributed by atoms with van der Waals surface area (Å²) in [6, 6.07) is 0.288. The van der Waals surface area contributed by atoms with Crippen LogP contribution >= 0.6 is 11.8 Å². The van der Waals surface area contributed by atoms with E-state index in [9.17, 15) is 9.59 Å². The summed E-state index contributed by atoms with van der Waals surface area (Å²) in [6.45, 7) is 11.6. The van der Waals surface area contributed by atoms with Gasteiger partial charge in [0.1, 0.15) is 6.10 Å². The summed E-state index contributed by atoms with van der Waals surface area (Å²) < 4.78 is 6.11. The van der Waals surface area contributed by atoms with Crippen molar-refractivity contribution in [2.75, 3.05) is 5.75 Å². The average Bonchev–Trinajstić information content (AvgIpc) is 3.27. The average molecular weight is 574 g/mol. The van der Waals surface area contributed by atoms with E-state index < -0.39 is 0 Å². The summed E-state index contributed by atoms with van der Waals surface area (Å²) >= 11 is 2.08. The number of carbonyl (C=O) groups is 2. The molecule has 8 atom stereocenters. The fourth-order valence-electron chi connectivity index (χ4n) is 9.42. The number of hydrogen-bond donors (Lipinski definition) is 1.